The summed E-state index contributed by atoms with van der Waals surface area (Å²) < 4.78 is 33.9. The molecule has 4 aromatic rings. The maximum absolute atomic E-state index is 12.6. The summed E-state index contributed by atoms with van der Waals surface area (Å²) in [5.74, 6) is 0.369. The number of nitrogens with zero attached hydrogens (tertiary/aromatic N) is 3. The van der Waals surface area contributed by atoms with Crippen LogP contribution in [-0.4, -0.2) is 70.6 Å². The van der Waals surface area contributed by atoms with Crippen LogP contribution >= 0.6 is 35.3 Å². The van der Waals surface area contributed by atoms with Crippen molar-refractivity contribution in [3.05, 3.63) is 77.3 Å². The third kappa shape index (κ3) is 7.15. The van der Waals surface area contributed by atoms with Crippen LogP contribution < -0.4 is 19.7 Å². The number of amides is 1. The number of anilines is 2. The van der Waals surface area contributed by atoms with Crippen LogP contribution in [0.5, 0.6) is 5.75 Å². The van der Waals surface area contributed by atoms with Gasteiger partial charge < -0.3 is 15.0 Å². The van der Waals surface area contributed by atoms with Gasteiger partial charge in [-0.25, -0.2) is 13.4 Å². The molecule has 0 radical (unpaired) electrons. The standard InChI is InChI=1S/C27H28ClN5O4S2.ClH/c1-37-22-7-9-23(10-8-22)39(35,36)31-21-5-2-19(3-6-21)26(34)29-12-13-32-14-16-33(17-15-32)27-30-24-11-4-20(28)18-25(24)38-27;/h2-11,18,31H,12-17H2,1H3,(H,29,34);1H. The molecule has 0 bridgehead atoms. The van der Waals surface area contributed by atoms with E-state index in [2.05, 4.69) is 19.8 Å². The number of ether oxygens (including phenoxy) is 1. The highest BCUT2D eigenvalue weighted by Gasteiger charge is 2.20. The van der Waals surface area contributed by atoms with Gasteiger partial charge in [0.05, 0.1) is 22.2 Å². The van der Waals surface area contributed by atoms with E-state index < -0.39 is 10.0 Å². The first-order chi connectivity index (χ1) is 18.8. The maximum Gasteiger partial charge on any atom is 0.261 e. The number of methoxy groups -OCH3 is 1. The Hall–Kier alpha value is -3.09. The fraction of sp³-hybridized carbons (Fsp3) is 0.259. The highest BCUT2D eigenvalue weighted by atomic mass is 35.5. The van der Waals surface area contributed by atoms with Gasteiger partial charge in [-0.1, -0.05) is 22.9 Å². The summed E-state index contributed by atoms with van der Waals surface area (Å²) in [6.45, 7) is 4.77. The number of hydrogen-bond acceptors (Lipinski definition) is 8. The van der Waals surface area contributed by atoms with E-state index in [0.29, 0.717) is 23.5 Å². The average molecular weight is 623 g/mol. The number of aromatic nitrogens is 1. The van der Waals surface area contributed by atoms with Gasteiger partial charge in [-0.2, -0.15) is 0 Å². The van der Waals surface area contributed by atoms with Crippen LogP contribution in [0.1, 0.15) is 10.4 Å². The second-order valence-corrected chi connectivity index (χ2v) is 12.2. The number of halogens is 2. The minimum atomic E-state index is -3.75. The topological polar surface area (TPSA) is 104 Å². The molecule has 3 aromatic carbocycles. The predicted molar refractivity (Wildman–Crippen MR) is 163 cm³/mol. The van der Waals surface area contributed by atoms with Gasteiger partial charge in [0.2, 0.25) is 0 Å². The Balaban J connectivity index is 0.00000370. The van der Waals surface area contributed by atoms with Gasteiger partial charge in [0.15, 0.2) is 5.13 Å². The number of piperazine rings is 1. The van der Waals surface area contributed by atoms with Gasteiger partial charge in [0.1, 0.15) is 5.75 Å². The second-order valence-electron chi connectivity index (χ2n) is 9.05. The van der Waals surface area contributed by atoms with Crippen LogP contribution in [0.15, 0.2) is 71.6 Å². The van der Waals surface area contributed by atoms with Crippen LogP contribution in [0.2, 0.25) is 5.02 Å². The van der Waals surface area contributed by atoms with Crippen molar-refractivity contribution in [3.8, 4) is 5.75 Å². The van der Waals surface area contributed by atoms with E-state index in [1.807, 2.05) is 18.2 Å². The number of fused-ring (bicyclic) bond motifs is 1. The number of carbonyl (C=O) groups is 1. The molecule has 13 heteroatoms. The minimum Gasteiger partial charge on any atom is -0.497 e. The smallest absolute Gasteiger partial charge is 0.261 e. The summed E-state index contributed by atoms with van der Waals surface area (Å²) >= 11 is 7.76. The number of rotatable bonds is 9. The zero-order valence-electron chi connectivity index (χ0n) is 21.7. The van der Waals surface area contributed by atoms with E-state index in [1.165, 1.54) is 19.2 Å². The van der Waals surface area contributed by atoms with Crippen LogP contribution in [0.3, 0.4) is 0 Å². The van der Waals surface area contributed by atoms with Gasteiger partial charge in [-0.05, 0) is 66.7 Å². The summed E-state index contributed by atoms with van der Waals surface area (Å²) in [6.07, 6.45) is 0. The van der Waals surface area contributed by atoms with Crippen LogP contribution in [0.25, 0.3) is 10.2 Å². The van der Waals surface area contributed by atoms with Crippen molar-refractivity contribution in [2.45, 2.75) is 4.90 Å². The monoisotopic (exact) mass is 621 g/mol. The van der Waals surface area contributed by atoms with Gasteiger partial charge in [0.25, 0.3) is 15.9 Å². The molecule has 0 aliphatic carbocycles. The molecule has 212 valence electrons. The van der Waals surface area contributed by atoms with Gasteiger partial charge >= 0.3 is 0 Å². The molecule has 1 fully saturated rings. The van der Waals surface area contributed by atoms with Crippen molar-refractivity contribution in [2.75, 3.05) is 56.0 Å². The van der Waals surface area contributed by atoms with E-state index in [-0.39, 0.29) is 23.2 Å². The molecule has 0 spiro atoms. The number of benzene rings is 3. The zero-order chi connectivity index (χ0) is 27.4. The van der Waals surface area contributed by atoms with Crippen molar-refractivity contribution in [2.24, 2.45) is 0 Å². The lowest BCUT2D eigenvalue weighted by Gasteiger charge is -2.34. The number of thiazole rings is 1. The molecule has 9 nitrogen and oxygen atoms in total. The number of hydrogen-bond donors (Lipinski definition) is 2. The highest BCUT2D eigenvalue weighted by molar-refractivity contribution is 7.92. The summed E-state index contributed by atoms with van der Waals surface area (Å²) in [7, 11) is -2.23. The molecule has 2 heterocycles. The normalized spacial score (nSPS) is 14.0. The van der Waals surface area contributed by atoms with Crippen molar-refractivity contribution in [1.29, 1.82) is 0 Å². The third-order valence-electron chi connectivity index (χ3n) is 6.46. The lowest BCUT2D eigenvalue weighted by atomic mass is 10.2. The molecule has 1 aliphatic heterocycles. The SMILES string of the molecule is COc1ccc(S(=O)(=O)Nc2ccc(C(=O)NCCN3CCN(c4nc5ccc(Cl)cc5s4)CC3)cc2)cc1.Cl. The Labute approximate surface area is 248 Å². The Bertz CT molecular complexity index is 1560. The zero-order valence-corrected chi connectivity index (χ0v) is 24.9. The lowest BCUT2D eigenvalue weighted by molar-refractivity contribution is 0.0948. The van der Waals surface area contributed by atoms with Crippen molar-refractivity contribution in [1.82, 2.24) is 15.2 Å². The number of carbonyl (C=O) groups excluding carboxylic acids is 1. The highest BCUT2D eigenvalue weighted by Crippen LogP contribution is 2.31. The molecular weight excluding hydrogens is 593 g/mol. The molecule has 40 heavy (non-hydrogen) atoms. The van der Waals surface area contributed by atoms with Crippen LogP contribution in [0, 0.1) is 0 Å². The molecule has 1 amide bonds. The Kier molecular flexibility index (Phi) is 9.75. The molecule has 0 unspecified atom stereocenters. The summed E-state index contributed by atoms with van der Waals surface area (Å²) in [5.41, 5.74) is 1.80. The van der Waals surface area contributed by atoms with Crippen molar-refractivity contribution < 1.29 is 17.9 Å². The van der Waals surface area contributed by atoms with Gasteiger partial charge in [0, 0.05) is 55.5 Å². The fourth-order valence-corrected chi connectivity index (χ4v) is 6.62. The van der Waals surface area contributed by atoms with Crippen molar-refractivity contribution in [3.63, 3.8) is 0 Å². The number of sulfonamides is 1. The summed E-state index contributed by atoms with van der Waals surface area (Å²) in [6, 6.07) is 18.2. The average Bonchev–Trinajstić information content (AvgIpc) is 3.37. The molecule has 0 atom stereocenters. The molecule has 0 saturated carbocycles. The summed E-state index contributed by atoms with van der Waals surface area (Å²) in [4.78, 5) is 22.1. The quantitative estimate of drug-likeness (QED) is 0.278. The molecule has 1 aliphatic rings. The predicted octanol–water partition coefficient (Wildman–Crippen LogP) is 4.73. The van der Waals surface area contributed by atoms with E-state index in [4.69, 9.17) is 21.3 Å². The van der Waals surface area contributed by atoms with E-state index >= 15 is 0 Å². The number of nitrogens with one attached hydrogen (secondary N) is 2. The van der Waals surface area contributed by atoms with E-state index in [0.717, 1.165) is 53.1 Å². The van der Waals surface area contributed by atoms with Gasteiger partial charge in [-0.15, -0.1) is 12.4 Å². The molecular formula is C27H29Cl2N5O4S2. The van der Waals surface area contributed by atoms with E-state index in [9.17, 15) is 13.2 Å². The first-order valence-corrected chi connectivity index (χ1v) is 15.1. The molecule has 2 N–H and O–H groups in total. The van der Waals surface area contributed by atoms with Crippen LogP contribution in [-0.2, 0) is 10.0 Å². The van der Waals surface area contributed by atoms with Crippen LogP contribution in [0.4, 0.5) is 10.8 Å². The minimum absolute atomic E-state index is 0. The maximum atomic E-state index is 12.6. The Morgan fingerprint density at radius 3 is 2.40 bits per heavy atom. The van der Waals surface area contributed by atoms with Gasteiger partial charge in [-0.3, -0.25) is 14.4 Å². The van der Waals surface area contributed by atoms with Crippen molar-refractivity contribution >= 4 is 72.3 Å². The Morgan fingerprint density at radius 1 is 1.02 bits per heavy atom. The largest absolute Gasteiger partial charge is 0.497 e. The van der Waals surface area contributed by atoms with E-state index in [1.54, 1.807) is 47.7 Å². The first kappa shape index (κ1) is 29.9. The first-order valence-electron chi connectivity index (χ1n) is 12.4. The summed E-state index contributed by atoms with van der Waals surface area (Å²) in [5, 5.41) is 4.68. The molecule has 1 saturated heterocycles. The Morgan fingerprint density at radius 2 is 1.73 bits per heavy atom. The fourth-order valence-electron chi connectivity index (χ4n) is 4.27. The molecule has 1 aromatic heterocycles. The lowest BCUT2D eigenvalue weighted by Crippen LogP contribution is -2.48. The second kappa shape index (κ2) is 13.0. The third-order valence-corrected chi connectivity index (χ3v) is 9.18. The molecule has 5 rings (SSSR count).